The number of carbonyl (C=O) groups is 1. The van der Waals surface area contributed by atoms with Gasteiger partial charge in [-0.15, -0.1) is 10.2 Å². The van der Waals surface area contributed by atoms with Gasteiger partial charge in [0.05, 0.1) is 12.9 Å². The number of hydrogen-bond donors (Lipinski definition) is 1. The molecule has 0 saturated carbocycles. The van der Waals surface area contributed by atoms with Crippen LogP contribution in [0.2, 0.25) is 0 Å². The lowest BCUT2D eigenvalue weighted by atomic mass is 10.1. The topological polar surface area (TPSA) is 86.5 Å². The quantitative estimate of drug-likeness (QED) is 0.573. The first-order chi connectivity index (χ1) is 13.5. The van der Waals surface area contributed by atoms with E-state index in [9.17, 15) is 4.79 Å². The lowest BCUT2D eigenvalue weighted by molar-refractivity contribution is -0.113. The molecule has 0 bridgehead atoms. The van der Waals surface area contributed by atoms with E-state index in [2.05, 4.69) is 15.5 Å². The maximum atomic E-state index is 12.0. The summed E-state index contributed by atoms with van der Waals surface area (Å²) in [6.07, 6.45) is 0. The molecule has 28 heavy (non-hydrogen) atoms. The van der Waals surface area contributed by atoms with Crippen LogP contribution in [-0.2, 0) is 11.4 Å². The summed E-state index contributed by atoms with van der Waals surface area (Å²) in [5.74, 6) is 1.87. The Hall–Kier alpha value is -3.00. The molecule has 1 N–H and O–H groups in total. The number of aromatic nitrogens is 2. The van der Waals surface area contributed by atoms with E-state index in [1.807, 2.05) is 32.0 Å². The van der Waals surface area contributed by atoms with Gasteiger partial charge in [0, 0.05) is 5.69 Å². The Morgan fingerprint density at radius 1 is 1.14 bits per heavy atom. The van der Waals surface area contributed by atoms with Gasteiger partial charge in [-0.1, -0.05) is 23.9 Å². The van der Waals surface area contributed by atoms with Gasteiger partial charge >= 0.3 is 0 Å². The molecule has 3 rings (SSSR count). The molecule has 0 radical (unpaired) electrons. The highest BCUT2D eigenvalue weighted by Gasteiger charge is 2.11. The van der Waals surface area contributed by atoms with Crippen molar-refractivity contribution in [3.8, 4) is 11.5 Å². The molecule has 0 unspecified atom stereocenters. The second-order valence-corrected chi connectivity index (χ2v) is 6.94. The minimum absolute atomic E-state index is 0.158. The average Bonchev–Trinajstić information content (AvgIpc) is 3.16. The zero-order chi connectivity index (χ0) is 19.9. The normalized spacial score (nSPS) is 10.5. The number of ether oxygens (including phenoxy) is 2. The number of methoxy groups -OCH3 is 1. The van der Waals surface area contributed by atoms with Crippen LogP contribution in [0.4, 0.5) is 5.69 Å². The number of aryl methyl sites for hydroxylation is 1. The Kier molecular flexibility index (Phi) is 6.54. The van der Waals surface area contributed by atoms with Crippen molar-refractivity contribution in [1.82, 2.24) is 10.2 Å². The third kappa shape index (κ3) is 5.26. The summed E-state index contributed by atoms with van der Waals surface area (Å²) in [6, 6.07) is 13.0. The SMILES string of the molecule is COc1ccc(NC(=O)CSc2nnc(COc3cccc(C)c3C)o2)cc1. The van der Waals surface area contributed by atoms with Crippen LogP contribution in [0.3, 0.4) is 0 Å². The van der Waals surface area contributed by atoms with Crippen LogP contribution >= 0.6 is 11.8 Å². The molecular weight excluding hydrogens is 378 g/mol. The molecule has 7 nitrogen and oxygen atoms in total. The van der Waals surface area contributed by atoms with E-state index in [0.29, 0.717) is 16.8 Å². The molecule has 0 fully saturated rings. The summed E-state index contributed by atoms with van der Waals surface area (Å²) in [4.78, 5) is 12.0. The molecule has 0 aliphatic rings. The molecule has 1 aromatic heterocycles. The fourth-order valence-corrected chi connectivity index (χ4v) is 2.95. The number of hydrogen-bond acceptors (Lipinski definition) is 7. The van der Waals surface area contributed by atoms with Gasteiger partial charge in [-0.3, -0.25) is 4.79 Å². The highest BCUT2D eigenvalue weighted by Crippen LogP contribution is 2.23. The smallest absolute Gasteiger partial charge is 0.277 e. The Balaban J connectivity index is 1.47. The third-order valence-corrected chi connectivity index (χ3v) is 4.87. The minimum Gasteiger partial charge on any atom is -0.497 e. The van der Waals surface area contributed by atoms with Gasteiger partial charge in [0.1, 0.15) is 11.5 Å². The standard InChI is InChI=1S/C20H21N3O4S/c1-13-5-4-6-17(14(13)2)26-11-19-22-23-20(27-19)28-12-18(24)21-15-7-9-16(25-3)10-8-15/h4-10H,11-12H2,1-3H3,(H,21,24). The van der Waals surface area contributed by atoms with Crippen molar-refractivity contribution >= 4 is 23.4 Å². The Labute approximate surface area is 167 Å². The van der Waals surface area contributed by atoms with Crippen LogP contribution in [0.1, 0.15) is 17.0 Å². The average molecular weight is 399 g/mol. The van der Waals surface area contributed by atoms with E-state index in [1.165, 1.54) is 11.8 Å². The predicted molar refractivity (Wildman–Crippen MR) is 107 cm³/mol. The van der Waals surface area contributed by atoms with Crippen molar-refractivity contribution in [1.29, 1.82) is 0 Å². The van der Waals surface area contributed by atoms with Gasteiger partial charge < -0.3 is 19.2 Å². The second-order valence-electron chi connectivity index (χ2n) is 6.01. The highest BCUT2D eigenvalue weighted by molar-refractivity contribution is 7.99. The number of thioether (sulfide) groups is 1. The number of anilines is 1. The van der Waals surface area contributed by atoms with Crippen LogP contribution in [0.5, 0.6) is 11.5 Å². The van der Waals surface area contributed by atoms with Crippen molar-refractivity contribution in [3.63, 3.8) is 0 Å². The van der Waals surface area contributed by atoms with Crippen LogP contribution < -0.4 is 14.8 Å². The highest BCUT2D eigenvalue weighted by atomic mass is 32.2. The molecule has 0 spiro atoms. The van der Waals surface area contributed by atoms with Gasteiger partial charge in [0.2, 0.25) is 5.91 Å². The number of rotatable bonds is 8. The molecule has 0 saturated heterocycles. The summed E-state index contributed by atoms with van der Waals surface area (Å²) >= 11 is 1.17. The fraction of sp³-hybridized carbons (Fsp3) is 0.250. The molecule has 1 amide bonds. The summed E-state index contributed by atoms with van der Waals surface area (Å²) in [6.45, 7) is 4.21. The van der Waals surface area contributed by atoms with Gasteiger partial charge in [0.15, 0.2) is 6.61 Å². The Morgan fingerprint density at radius 2 is 1.93 bits per heavy atom. The number of carbonyl (C=O) groups excluding carboxylic acids is 1. The van der Waals surface area contributed by atoms with Crippen LogP contribution in [0.15, 0.2) is 52.1 Å². The minimum atomic E-state index is -0.165. The largest absolute Gasteiger partial charge is 0.497 e. The molecular formula is C20H21N3O4S. The van der Waals surface area contributed by atoms with E-state index >= 15 is 0 Å². The zero-order valence-electron chi connectivity index (χ0n) is 15.9. The van der Waals surface area contributed by atoms with E-state index in [0.717, 1.165) is 22.6 Å². The third-order valence-electron chi connectivity index (χ3n) is 4.05. The lowest BCUT2D eigenvalue weighted by Gasteiger charge is -2.08. The van der Waals surface area contributed by atoms with Gasteiger partial charge in [-0.25, -0.2) is 0 Å². The summed E-state index contributed by atoms with van der Waals surface area (Å²) in [5, 5.41) is 11.0. The monoisotopic (exact) mass is 399 g/mol. The van der Waals surface area contributed by atoms with E-state index in [-0.39, 0.29) is 18.3 Å². The molecule has 146 valence electrons. The fourth-order valence-electron chi connectivity index (χ4n) is 2.37. The number of benzene rings is 2. The predicted octanol–water partition coefficient (Wildman–Crippen LogP) is 4.00. The van der Waals surface area contributed by atoms with Crippen molar-refractivity contribution in [2.45, 2.75) is 25.7 Å². The van der Waals surface area contributed by atoms with Gasteiger partial charge in [0.25, 0.3) is 11.1 Å². The number of amides is 1. The summed E-state index contributed by atoms with van der Waals surface area (Å²) in [5.41, 5.74) is 2.92. The molecule has 0 atom stereocenters. The first kappa shape index (κ1) is 19.8. The van der Waals surface area contributed by atoms with E-state index < -0.39 is 0 Å². The molecule has 8 heteroatoms. The van der Waals surface area contributed by atoms with Crippen molar-refractivity contribution in [2.24, 2.45) is 0 Å². The molecule has 0 aliphatic heterocycles. The first-order valence-corrected chi connectivity index (χ1v) is 9.62. The molecule has 0 aliphatic carbocycles. The molecule has 2 aromatic carbocycles. The maximum absolute atomic E-state index is 12.0. The van der Waals surface area contributed by atoms with Crippen LogP contribution in [-0.4, -0.2) is 29.0 Å². The molecule has 1 heterocycles. The van der Waals surface area contributed by atoms with Crippen LogP contribution in [0.25, 0.3) is 0 Å². The summed E-state index contributed by atoms with van der Waals surface area (Å²) in [7, 11) is 1.59. The number of nitrogens with one attached hydrogen (secondary N) is 1. The van der Waals surface area contributed by atoms with Gasteiger partial charge in [-0.05, 0) is 55.3 Å². The lowest BCUT2D eigenvalue weighted by Crippen LogP contribution is -2.13. The first-order valence-electron chi connectivity index (χ1n) is 8.63. The van der Waals surface area contributed by atoms with E-state index in [4.69, 9.17) is 13.9 Å². The molecule has 3 aromatic rings. The van der Waals surface area contributed by atoms with Crippen molar-refractivity contribution in [2.75, 3.05) is 18.2 Å². The van der Waals surface area contributed by atoms with Crippen LogP contribution in [0, 0.1) is 13.8 Å². The summed E-state index contributed by atoms with van der Waals surface area (Å²) < 4.78 is 16.4. The zero-order valence-corrected chi connectivity index (χ0v) is 16.7. The van der Waals surface area contributed by atoms with E-state index in [1.54, 1.807) is 31.4 Å². The Morgan fingerprint density at radius 3 is 2.68 bits per heavy atom. The van der Waals surface area contributed by atoms with Crippen molar-refractivity contribution < 1.29 is 18.7 Å². The second kappa shape index (κ2) is 9.27. The van der Waals surface area contributed by atoms with Crippen molar-refractivity contribution in [3.05, 3.63) is 59.5 Å². The maximum Gasteiger partial charge on any atom is 0.277 e. The van der Waals surface area contributed by atoms with Gasteiger partial charge in [-0.2, -0.15) is 0 Å². The Bertz CT molecular complexity index is 941. The number of nitrogens with zero attached hydrogens (tertiary/aromatic N) is 2.